The van der Waals surface area contributed by atoms with E-state index in [1.807, 2.05) is 0 Å². The largest absolute Gasteiger partial charge is 0.299 e. The van der Waals surface area contributed by atoms with E-state index in [-0.39, 0.29) is 5.41 Å². The lowest BCUT2D eigenvalue weighted by Gasteiger charge is -2.58. The lowest BCUT2D eigenvalue weighted by Crippen LogP contribution is -2.55. The zero-order valence-electron chi connectivity index (χ0n) is 19.2. The highest BCUT2D eigenvalue weighted by atomic mass is 16.1. The van der Waals surface area contributed by atoms with Gasteiger partial charge in [0.05, 0.1) is 0 Å². The monoisotopic (exact) mass is 384 g/mol. The van der Waals surface area contributed by atoms with E-state index in [0.29, 0.717) is 22.5 Å². The van der Waals surface area contributed by atoms with Crippen molar-refractivity contribution in [2.45, 2.75) is 105 Å². The Balaban J connectivity index is 1.35. The fraction of sp³-hybridized carbons (Fsp3) is 0.963. The number of ketones is 1. The average molecular weight is 385 g/mol. The molecule has 0 heterocycles. The summed E-state index contributed by atoms with van der Waals surface area (Å²) < 4.78 is 0. The van der Waals surface area contributed by atoms with Gasteiger partial charge in [-0.05, 0) is 97.2 Å². The van der Waals surface area contributed by atoms with Crippen molar-refractivity contribution in [3.8, 4) is 0 Å². The molecule has 0 radical (unpaired) electrons. The van der Waals surface area contributed by atoms with Crippen molar-refractivity contribution in [2.75, 3.05) is 0 Å². The molecule has 0 bridgehead atoms. The van der Waals surface area contributed by atoms with Crippen LogP contribution in [0.15, 0.2) is 0 Å². The van der Waals surface area contributed by atoms with Gasteiger partial charge < -0.3 is 0 Å². The summed E-state index contributed by atoms with van der Waals surface area (Å²) in [6.45, 7) is 12.5. The van der Waals surface area contributed by atoms with E-state index in [1.165, 1.54) is 64.2 Å². The third kappa shape index (κ3) is 2.40. The van der Waals surface area contributed by atoms with Crippen molar-refractivity contribution in [1.29, 1.82) is 0 Å². The normalized spacial score (nSPS) is 52.8. The van der Waals surface area contributed by atoms with Crippen molar-refractivity contribution < 1.29 is 4.79 Å². The molecule has 28 heavy (non-hydrogen) atoms. The minimum atomic E-state index is 0.157. The van der Waals surface area contributed by atoms with E-state index in [4.69, 9.17) is 0 Å². The Morgan fingerprint density at radius 2 is 1.75 bits per heavy atom. The molecule has 9 unspecified atom stereocenters. The highest BCUT2D eigenvalue weighted by Crippen LogP contribution is 2.80. The topological polar surface area (TPSA) is 17.1 Å². The third-order valence-electron chi connectivity index (χ3n) is 11.5. The predicted molar refractivity (Wildman–Crippen MR) is 116 cm³/mol. The highest BCUT2D eigenvalue weighted by molar-refractivity contribution is 5.91. The highest BCUT2D eigenvalue weighted by Gasteiger charge is 2.77. The molecule has 5 saturated carbocycles. The molecule has 158 valence electrons. The van der Waals surface area contributed by atoms with E-state index in [9.17, 15) is 4.79 Å². The first kappa shape index (κ1) is 19.6. The second-order valence-electron chi connectivity index (χ2n) is 12.9. The van der Waals surface area contributed by atoms with E-state index >= 15 is 0 Å². The molecule has 1 spiro atoms. The van der Waals surface area contributed by atoms with Crippen molar-refractivity contribution in [2.24, 2.45) is 57.7 Å². The lowest BCUT2D eigenvalue weighted by molar-refractivity contribution is -0.151. The molecule has 5 rings (SSSR count). The van der Waals surface area contributed by atoms with Crippen LogP contribution in [-0.4, -0.2) is 5.78 Å². The summed E-state index contributed by atoms with van der Waals surface area (Å²) in [5.74, 6) is 6.49. The van der Waals surface area contributed by atoms with Crippen LogP contribution in [0.25, 0.3) is 0 Å². The Kier molecular flexibility index (Phi) is 4.44. The average Bonchev–Trinajstić information content (AvgIpc) is 3.15. The zero-order valence-corrected chi connectivity index (χ0v) is 19.2. The maximum absolute atomic E-state index is 13.4. The minimum absolute atomic E-state index is 0.157. The van der Waals surface area contributed by atoms with Crippen LogP contribution in [0.3, 0.4) is 0 Å². The molecule has 1 heteroatoms. The van der Waals surface area contributed by atoms with Crippen LogP contribution in [0.5, 0.6) is 0 Å². The molecule has 0 amide bonds. The number of carbonyl (C=O) groups excluding carboxylic acids is 1. The number of rotatable bonds is 5. The molecule has 0 N–H and O–H groups in total. The summed E-state index contributed by atoms with van der Waals surface area (Å²) in [6.07, 6.45) is 14.8. The van der Waals surface area contributed by atoms with Gasteiger partial charge in [0, 0.05) is 11.8 Å². The molecule has 9 atom stereocenters. The first-order valence-electron chi connectivity index (χ1n) is 12.8. The van der Waals surface area contributed by atoms with Gasteiger partial charge in [-0.3, -0.25) is 4.79 Å². The van der Waals surface area contributed by atoms with Gasteiger partial charge in [0.1, 0.15) is 5.78 Å². The summed E-state index contributed by atoms with van der Waals surface area (Å²) in [5.41, 5.74) is 1.03. The molecule has 0 saturated heterocycles. The maximum atomic E-state index is 13.4. The third-order valence-corrected chi connectivity index (χ3v) is 11.5. The molecule has 0 aromatic heterocycles. The van der Waals surface area contributed by atoms with Crippen LogP contribution in [0.2, 0.25) is 0 Å². The SMILES string of the molecule is CC(C)CCCC(C)C1CCC2C3CC(=O)C45CC4CCC5(C)C3CCC12C. The van der Waals surface area contributed by atoms with Crippen LogP contribution >= 0.6 is 0 Å². The molecule has 5 aliphatic rings. The van der Waals surface area contributed by atoms with Crippen LogP contribution in [0.1, 0.15) is 105 Å². The number of hydrogen-bond acceptors (Lipinski definition) is 1. The fourth-order valence-electron chi connectivity index (χ4n) is 10.0. The molecule has 0 aromatic carbocycles. The Morgan fingerprint density at radius 1 is 0.964 bits per heavy atom. The van der Waals surface area contributed by atoms with E-state index in [2.05, 4.69) is 34.6 Å². The zero-order chi connectivity index (χ0) is 19.9. The number of Topliss-reactive ketones (excluding diaryl/α,β-unsaturated/α-hetero) is 1. The minimum Gasteiger partial charge on any atom is -0.299 e. The van der Waals surface area contributed by atoms with Crippen LogP contribution in [0, 0.1) is 57.7 Å². The van der Waals surface area contributed by atoms with Crippen LogP contribution in [-0.2, 0) is 4.79 Å². The standard InChI is InChI=1S/C27H44O/c1-17(2)7-6-8-18(3)21-9-10-22-20-15-24(28)27-16-19(27)11-14-26(27,5)23(20)12-13-25(21,22)4/h17-23H,6-16H2,1-5H3. The number of carbonyl (C=O) groups is 1. The lowest BCUT2D eigenvalue weighted by atomic mass is 9.45. The Bertz CT molecular complexity index is 651. The second kappa shape index (κ2) is 6.34. The molecule has 0 aliphatic heterocycles. The van der Waals surface area contributed by atoms with E-state index < -0.39 is 0 Å². The maximum Gasteiger partial charge on any atom is 0.140 e. The van der Waals surface area contributed by atoms with Gasteiger partial charge in [0.15, 0.2) is 0 Å². The smallest absolute Gasteiger partial charge is 0.140 e. The summed E-state index contributed by atoms with van der Waals surface area (Å²) in [4.78, 5) is 13.4. The second-order valence-corrected chi connectivity index (χ2v) is 12.9. The molecule has 5 fully saturated rings. The summed E-state index contributed by atoms with van der Waals surface area (Å²) in [6, 6.07) is 0. The Morgan fingerprint density at radius 3 is 2.46 bits per heavy atom. The van der Waals surface area contributed by atoms with Gasteiger partial charge in [0.2, 0.25) is 0 Å². The van der Waals surface area contributed by atoms with Gasteiger partial charge in [-0.2, -0.15) is 0 Å². The fourth-order valence-corrected chi connectivity index (χ4v) is 10.0. The summed E-state index contributed by atoms with van der Waals surface area (Å²) in [7, 11) is 0. The molecular weight excluding hydrogens is 340 g/mol. The first-order valence-corrected chi connectivity index (χ1v) is 12.8. The van der Waals surface area contributed by atoms with E-state index in [0.717, 1.165) is 41.9 Å². The van der Waals surface area contributed by atoms with Gasteiger partial charge in [-0.1, -0.05) is 53.9 Å². The Hall–Kier alpha value is -0.330. The van der Waals surface area contributed by atoms with Gasteiger partial charge >= 0.3 is 0 Å². The molecule has 0 aromatic rings. The molecular formula is C27H44O. The van der Waals surface area contributed by atoms with Gasteiger partial charge in [-0.25, -0.2) is 0 Å². The van der Waals surface area contributed by atoms with Crippen molar-refractivity contribution in [3.05, 3.63) is 0 Å². The van der Waals surface area contributed by atoms with Crippen LogP contribution < -0.4 is 0 Å². The first-order chi connectivity index (χ1) is 13.2. The van der Waals surface area contributed by atoms with Crippen LogP contribution in [0.4, 0.5) is 0 Å². The Labute approximate surface area is 173 Å². The van der Waals surface area contributed by atoms with Crippen molar-refractivity contribution in [3.63, 3.8) is 0 Å². The summed E-state index contributed by atoms with van der Waals surface area (Å²) >= 11 is 0. The molecule has 5 aliphatic carbocycles. The van der Waals surface area contributed by atoms with Gasteiger partial charge in [-0.15, -0.1) is 0 Å². The number of fused-ring (bicyclic) bond motifs is 4. The quantitative estimate of drug-likeness (QED) is 0.486. The summed E-state index contributed by atoms with van der Waals surface area (Å²) in [5, 5.41) is 0. The number of hydrogen-bond donors (Lipinski definition) is 0. The predicted octanol–water partition coefficient (Wildman–Crippen LogP) is 7.29. The van der Waals surface area contributed by atoms with Crippen molar-refractivity contribution in [1.82, 2.24) is 0 Å². The van der Waals surface area contributed by atoms with E-state index in [1.54, 1.807) is 0 Å². The van der Waals surface area contributed by atoms with Crippen molar-refractivity contribution >= 4 is 5.78 Å². The molecule has 1 nitrogen and oxygen atoms in total. The van der Waals surface area contributed by atoms with Gasteiger partial charge in [0.25, 0.3) is 0 Å².